The molecule has 11 rings (SSSR count). The largest absolute Gasteiger partial charge is 0.310 e. The molecule has 1 nitrogen and oxygen atoms in total. The van der Waals surface area contributed by atoms with Crippen molar-refractivity contribution in [3.63, 3.8) is 0 Å². The Morgan fingerprint density at radius 3 is 1.39 bits per heavy atom. The zero-order chi connectivity index (χ0) is 40.5. The van der Waals surface area contributed by atoms with E-state index in [0.717, 1.165) is 22.6 Å². The molecule has 0 atom stereocenters. The summed E-state index contributed by atoms with van der Waals surface area (Å²) in [6.07, 6.45) is 0. The molecule has 0 aromatic heterocycles. The highest BCUT2D eigenvalue weighted by Gasteiger charge is 2.23. The van der Waals surface area contributed by atoms with Crippen molar-refractivity contribution in [3.8, 4) is 55.6 Å². The summed E-state index contributed by atoms with van der Waals surface area (Å²) in [6.45, 7) is 0. The number of fused-ring (bicyclic) bond motifs is 3. The molecule has 1 heteroatoms. The number of nitrogens with zero attached hydrogens (tertiary/aromatic N) is 1. The number of hydrogen-bond donors (Lipinski definition) is 0. The van der Waals surface area contributed by atoms with Crippen LogP contribution in [0.25, 0.3) is 88.0 Å². The molecule has 0 amide bonds. The third-order valence-corrected chi connectivity index (χ3v) is 12.1. The fraction of sp³-hybridized carbons (Fsp3) is 0. The summed E-state index contributed by atoms with van der Waals surface area (Å²) in [6, 6.07) is 90.6. The average Bonchev–Trinajstić information content (AvgIpc) is 3.34. The molecule has 0 N–H and O–H groups in total. The van der Waals surface area contributed by atoms with Gasteiger partial charge in [-0.25, -0.2) is 0 Å². The first-order valence-corrected chi connectivity index (χ1v) is 21.0. The average molecular weight is 776 g/mol. The van der Waals surface area contributed by atoms with Crippen LogP contribution >= 0.6 is 0 Å². The molecule has 61 heavy (non-hydrogen) atoms. The standard InChI is InChI=1S/C60H41N/c1-3-17-42(18-4-1)43-37-39-49(40-38-43)61(50-28-11-27-48(41-50)54-32-15-26-47-25-14-31-53(59(47)54)46-19-5-2-6-20-46)58-36-16-35-57(55-33-12-23-44-21-7-9-29-51(44)55)60(58)56-34-13-24-45-22-8-10-30-52(45)56/h1-41H. The van der Waals surface area contributed by atoms with Gasteiger partial charge in [0.15, 0.2) is 0 Å². The molecule has 0 bridgehead atoms. The molecule has 0 spiro atoms. The van der Waals surface area contributed by atoms with Gasteiger partial charge in [-0.05, 0) is 113 Å². The lowest BCUT2D eigenvalue weighted by molar-refractivity contribution is 1.28. The quantitative estimate of drug-likeness (QED) is 0.149. The number of benzene rings is 11. The normalized spacial score (nSPS) is 11.3. The first-order valence-electron chi connectivity index (χ1n) is 21.0. The van der Waals surface area contributed by atoms with Crippen molar-refractivity contribution < 1.29 is 0 Å². The van der Waals surface area contributed by atoms with Crippen LogP contribution in [0.2, 0.25) is 0 Å². The van der Waals surface area contributed by atoms with Crippen LogP contribution in [-0.4, -0.2) is 0 Å². The number of hydrogen-bond acceptors (Lipinski definition) is 1. The Hall–Kier alpha value is -8.00. The second kappa shape index (κ2) is 15.6. The maximum atomic E-state index is 2.47. The molecule has 0 aliphatic rings. The molecular formula is C60H41N. The van der Waals surface area contributed by atoms with Crippen molar-refractivity contribution in [2.24, 2.45) is 0 Å². The van der Waals surface area contributed by atoms with Gasteiger partial charge in [-0.1, -0.05) is 218 Å². The summed E-state index contributed by atoms with van der Waals surface area (Å²) in [7, 11) is 0. The highest BCUT2D eigenvalue weighted by atomic mass is 15.1. The molecule has 0 saturated heterocycles. The van der Waals surface area contributed by atoms with Crippen LogP contribution in [0.3, 0.4) is 0 Å². The van der Waals surface area contributed by atoms with Gasteiger partial charge in [0, 0.05) is 16.9 Å². The van der Waals surface area contributed by atoms with Crippen LogP contribution in [0.15, 0.2) is 249 Å². The van der Waals surface area contributed by atoms with Gasteiger partial charge in [-0.15, -0.1) is 0 Å². The predicted octanol–water partition coefficient (Wildman–Crippen LogP) is 17.0. The highest BCUT2D eigenvalue weighted by Crippen LogP contribution is 2.49. The third kappa shape index (κ3) is 6.63. The molecule has 0 radical (unpaired) electrons. The minimum Gasteiger partial charge on any atom is -0.310 e. The molecule has 0 saturated carbocycles. The van der Waals surface area contributed by atoms with Crippen molar-refractivity contribution in [2.45, 2.75) is 0 Å². The van der Waals surface area contributed by atoms with Gasteiger partial charge < -0.3 is 4.90 Å². The Labute approximate surface area is 357 Å². The minimum absolute atomic E-state index is 1.08. The van der Waals surface area contributed by atoms with Gasteiger partial charge >= 0.3 is 0 Å². The lowest BCUT2D eigenvalue weighted by Gasteiger charge is -2.30. The Kier molecular flexibility index (Phi) is 9.26. The topological polar surface area (TPSA) is 3.24 Å². The van der Waals surface area contributed by atoms with Crippen LogP contribution in [-0.2, 0) is 0 Å². The van der Waals surface area contributed by atoms with E-state index in [1.165, 1.54) is 82.4 Å². The van der Waals surface area contributed by atoms with Crippen molar-refractivity contribution >= 4 is 49.4 Å². The van der Waals surface area contributed by atoms with E-state index < -0.39 is 0 Å². The van der Waals surface area contributed by atoms with E-state index in [1.54, 1.807) is 0 Å². The SMILES string of the molecule is c1ccc(-c2ccc(N(c3cccc(-c4cccc5cccc(-c6ccccc6)c45)c3)c3cccc(-c4cccc5ccccc45)c3-c3cccc4ccccc34)cc2)cc1. The summed E-state index contributed by atoms with van der Waals surface area (Å²) in [5, 5.41) is 7.36. The molecule has 0 fully saturated rings. The summed E-state index contributed by atoms with van der Waals surface area (Å²) in [5.74, 6) is 0. The summed E-state index contributed by atoms with van der Waals surface area (Å²) in [5.41, 5.74) is 15.2. The van der Waals surface area contributed by atoms with Gasteiger partial charge in [0.2, 0.25) is 0 Å². The monoisotopic (exact) mass is 775 g/mol. The molecule has 0 aliphatic heterocycles. The maximum Gasteiger partial charge on any atom is 0.0546 e. The molecule has 286 valence electrons. The van der Waals surface area contributed by atoms with Gasteiger partial charge in [-0.2, -0.15) is 0 Å². The first kappa shape index (κ1) is 36.1. The van der Waals surface area contributed by atoms with E-state index in [-0.39, 0.29) is 0 Å². The number of anilines is 3. The third-order valence-electron chi connectivity index (χ3n) is 12.1. The van der Waals surface area contributed by atoms with Gasteiger partial charge in [0.25, 0.3) is 0 Å². The Bertz CT molecular complexity index is 3330. The van der Waals surface area contributed by atoms with Gasteiger partial charge in [0.05, 0.1) is 5.69 Å². The Morgan fingerprint density at radius 1 is 0.246 bits per heavy atom. The second-order valence-corrected chi connectivity index (χ2v) is 15.6. The van der Waals surface area contributed by atoms with E-state index in [9.17, 15) is 0 Å². The van der Waals surface area contributed by atoms with Crippen LogP contribution in [0.4, 0.5) is 17.1 Å². The van der Waals surface area contributed by atoms with Crippen molar-refractivity contribution in [3.05, 3.63) is 249 Å². The van der Waals surface area contributed by atoms with E-state index in [1.807, 2.05) is 0 Å². The number of rotatable bonds is 8. The Balaban J connectivity index is 1.19. The van der Waals surface area contributed by atoms with E-state index >= 15 is 0 Å². The molecule has 11 aromatic carbocycles. The highest BCUT2D eigenvalue weighted by molar-refractivity contribution is 6.10. The lowest BCUT2D eigenvalue weighted by Crippen LogP contribution is -2.12. The van der Waals surface area contributed by atoms with Crippen LogP contribution < -0.4 is 4.90 Å². The van der Waals surface area contributed by atoms with Crippen LogP contribution in [0.5, 0.6) is 0 Å². The molecule has 0 aliphatic carbocycles. The van der Waals surface area contributed by atoms with Crippen molar-refractivity contribution in [2.75, 3.05) is 4.90 Å². The molecule has 0 unspecified atom stereocenters. The lowest BCUT2D eigenvalue weighted by atomic mass is 9.87. The van der Waals surface area contributed by atoms with Gasteiger partial charge in [-0.3, -0.25) is 0 Å². The molecular weight excluding hydrogens is 735 g/mol. The summed E-state index contributed by atoms with van der Waals surface area (Å²) >= 11 is 0. The fourth-order valence-corrected chi connectivity index (χ4v) is 9.25. The van der Waals surface area contributed by atoms with Crippen LogP contribution in [0.1, 0.15) is 0 Å². The summed E-state index contributed by atoms with van der Waals surface area (Å²) < 4.78 is 0. The summed E-state index contributed by atoms with van der Waals surface area (Å²) in [4.78, 5) is 2.47. The zero-order valence-electron chi connectivity index (χ0n) is 33.6. The minimum atomic E-state index is 1.08. The fourth-order valence-electron chi connectivity index (χ4n) is 9.25. The smallest absolute Gasteiger partial charge is 0.0546 e. The van der Waals surface area contributed by atoms with E-state index in [2.05, 4.69) is 254 Å². The van der Waals surface area contributed by atoms with Crippen molar-refractivity contribution in [1.82, 2.24) is 0 Å². The van der Waals surface area contributed by atoms with E-state index in [0.29, 0.717) is 0 Å². The zero-order valence-corrected chi connectivity index (χ0v) is 33.6. The first-order chi connectivity index (χ1) is 30.3. The van der Waals surface area contributed by atoms with Gasteiger partial charge in [0.1, 0.15) is 0 Å². The second-order valence-electron chi connectivity index (χ2n) is 15.6. The van der Waals surface area contributed by atoms with Crippen molar-refractivity contribution in [1.29, 1.82) is 0 Å². The van der Waals surface area contributed by atoms with Crippen LogP contribution in [0, 0.1) is 0 Å². The van der Waals surface area contributed by atoms with E-state index in [4.69, 9.17) is 0 Å². The predicted molar refractivity (Wildman–Crippen MR) is 261 cm³/mol. The Morgan fingerprint density at radius 2 is 0.705 bits per heavy atom. The maximum absolute atomic E-state index is 2.47. The molecule has 11 aromatic rings. The molecule has 0 heterocycles.